The first-order valence-electron chi connectivity index (χ1n) is 6.33. The summed E-state index contributed by atoms with van der Waals surface area (Å²) in [7, 11) is -3.85. The standard InChI is InChI=1S/C11H24N3O5P/c1-6(2)4-8(13)10(15)14-9(11(16)17)5-20(18,19)7(3)12/h6-9H,4-5,12-13H2,1-3H3,(H,14,15)(H,16,17)(H,18,19)/t7?,8-,9?/m0/s1. The van der Waals surface area contributed by atoms with Crippen molar-refractivity contribution in [1.29, 1.82) is 0 Å². The Kier molecular flexibility index (Phi) is 7.37. The molecule has 9 heteroatoms. The second-order valence-corrected chi connectivity index (χ2v) is 8.01. The van der Waals surface area contributed by atoms with Crippen molar-refractivity contribution < 1.29 is 24.2 Å². The van der Waals surface area contributed by atoms with Crippen molar-refractivity contribution in [2.45, 2.75) is 45.1 Å². The van der Waals surface area contributed by atoms with Crippen LogP contribution in [-0.2, 0) is 14.2 Å². The van der Waals surface area contributed by atoms with Gasteiger partial charge in [-0.1, -0.05) is 13.8 Å². The molecule has 0 aromatic rings. The first kappa shape index (κ1) is 19.1. The van der Waals surface area contributed by atoms with Gasteiger partial charge in [0.2, 0.25) is 13.3 Å². The third-order valence-electron chi connectivity index (χ3n) is 2.76. The summed E-state index contributed by atoms with van der Waals surface area (Å²) in [6.07, 6.45) is -0.234. The summed E-state index contributed by atoms with van der Waals surface area (Å²) in [6, 6.07) is -2.34. The topological polar surface area (TPSA) is 156 Å². The zero-order valence-electron chi connectivity index (χ0n) is 11.9. The van der Waals surface area contributed by atoms with Gasteiger partial charge in [0.05, 0.1) is 18.0 Å². The molecule has 0 spiro atoms. The van der Waals surface area contributed by atoms with Crippen LogP contribution in [0.1, 0.15) is 27.2 Å². The Morgan fingerprint density at radius 1 is 1.25 bits per heavy atom. The highest BCUT2D eigenvalue weighted by atomic mass is 31.2. The van der Waals surface area contributed by atoms with Gasteiger partial charge in [0, 0.05) is 0 Å². The average molecular weight is 309 g/mol. The summed E-state index contributed by atoms with van der Waals surface area (Å²) in [5, 5.41) is 11.2. The van der Waals surface area contributed by atoms with E-state index in [-0.39, 0.29) is 5.92 Å². The maximum absolute atomic E-state index is 11.7. The third-order valence-corrected chi connectivity index (χ3v) is 4.92. The van der Waals surface area contributed by atoms with Gasteiger partial charge < -0.3 is 26.8 Å². The summed E-state index contributed by atoms with van der Waals surface area (Å²) in [5.74, 6) is -2.95. The van der Waals surface area contributed by atoms with Gasteiger partial charge in [-0.2, -0.15) is 0 Å². The highest BCUT2D eigenvalue weighted by Gasteiger charge is 2.33. The molecule has 118 valence electrons. The van der Waals surface area contributed by atoms with E-state index in [0.29, 0.717) is 6.42 Å². The molecule has 0 rings (SSSR count). The molecule has 7 N–H and O–H groups in total. The Morgan fingerprint density at radius 2 is 1.75 bits per heavy atom. The van der Waals surface area contributed by atoms with E-state index in [2.05, 4.69) is 5.32 Å². The van der Waals surface area contributed by atoms with Crippen LogP contribution in [-0.4, -0.2) is 45.9 Å². The number of hydrogen-bond acceptors (Lipinski definition) is 5. The minimum Gasteiger partial charge on any atom is -0.480 e. The van der Waals surface area contributed by atoms with Gasteiger partial charge in [-0.05, 0) is 19.3 Å². The lowest BCUT2D eigenvalue weighted by Crippen LogP contribution is -2.50. The van der Waals surface area contributed by atoms with Crippen molar-refractivity contribution in [3.8, 4) is 0 Å². The molecular formula is C11H24N3O5P. The molecule has 0 radical (unpaired) electrons. The maximum atomic E-state index is 11.7. The Hall–Kier alpha value is -0.950. The summed E-state index contributed by atoms with van der Waals surface area (Å²) >= 11 is 0. The lowest BCUT2D eigenvalue weighted by atomic mass is 10.0. The number of amides is 1. The lowest BCUT2D eigenvalue weighted by molar-refractivity contribution is -0.141. The number of nitrogens with one attached hydrogen (secondary N) is 1. The second-order valence-electron chi connectivity index (χ2n) is 5.31. The molecule has 0 aromatic heterocycles. The molecule has 0 saturated heterocycles. The summed E-state index contributed by atoms with van der Waals surface area (Å²) in [4.78, 5) is 32.4. The van der Waals surface area contributed by atoms with Gasteiger partial charge >= 0.3 is 5.97 Å². The average Bonchev–Trinajstić information content (AvgIpc) is 2.26. The quantitative estimate of drug-likeness (QED) is 0.378. The predicted octanol–water partition coefficient (Wildman–Crippen LogP) is -0.496. The number of carbonyl (C=O) groups excluding carboxylic acids is 1. The van der Waals surface area contributed by atoms with Crippen molar-refractivity contribution in [1.82, 2.24) is 5.32 Å². The van der Waals surface area contributed by atoms with Gasteiger partial charge in [0.15, 0.2) is 0 Å². The number of nitrogens with two attached hydrogens (primary N) is 2. The number of hydrogen-bond donors (Lipinski definition) is 5. The highest BCUT2D eigenvalue weighted by molar-refractivity contribution is 7.58. The zero-order chi connectivity index (χ0) is 16.1. The predicted molar refractivity (Wildman–Crippen MR) is 75.3 cm³/mol. The normalized spacial score (nSPS) is 18.9. The molecule has 0 fully saturated rings. The van der Waals surface area contributed by atoms with Crippen molar-refractivity contribution in [3.63, 3.8) is 0 Å². The fourth-order valence-corrected chi connectivity index (χ4v) is 2.61. The van der Waals surface area contributed by atoms with Crippen LogP contribution >= 0.6 is 7.37 Å². The molecule has 0 aliphatic carbocycles. The van der Waals surface area contributed by atoms with Crippen molar-refractivity contribution >= 4 is 19.2 Å². The van der Waals surface area contributed by atoms with Crippen molar-refractivity contribution in [3.05, 3.63) is 0 Å². The number of carboxylic acid groups (broad SMARTS) is 1. The third kappa shape index (κ3) is 6.47. The number of carboxylic acids is 1. The van der Waals surface area contributed by atoms with Crippen molar-refractivity contribution in [2.75, 3.05) is 6.16 Å². The Labute approximate surface area is 118 Å². The molecule has 0 saturated carbocycles. The van der Waals surface area contributed by atoms with E-state index in [1.165, 1.54) is 6.92 Å². The van der Waals surface area contributed by atoms with Crippen LogP contribution in [0.15, 0.2) is 0 Å². The first-order chi connectivity index (χ1) is 8.97. The second kappa shape index (κ2) is 7.73. The molecule has 0 heterocycles. The van der Waals surface area contributed by atoms with E-state index in [4.69, 9.17) is 16.6 Å². The van der Waals surface area contributed by atoms with Crippen LogP contribution in [0, 0.1) is 5.92 Å². The van der Waals surface area contributed by atoms with Crippen LogP contribution in [0.4, 0.5) is 0 Å². The van der Waals surface area contributed by atoms with E-state index in [9.17, 15) is 19.0 Å². The molecule has 0 aliphatic rings. The lowest BCUT2D eigenvalue weighted by Gasteiger charge is -2.22. The molecule has 8 nitrogen and oxygen atoms in total. The Balaban J connectivity index is 4.76. The summed E-state index contributed by atoms with van der Waals surface area (Å²) < 4.78 is 11.7. The molecule has 4 atom stereocenters. The van der Waals surface area contributed by atoms with Crippen LogP contribution in [0.5, 0.6) is 0 Å². The van der Waals surface area contributed by atoms with Gasteiger partial charge in [-0.15, -0.1) is 0 Å². The molecule has 0 bridgehead atoms. The van der Waals surface area contributed by atoms with E-state index in [1.54, 1.807) is 0 Å². The number of aliphatic carboxylic acids is 1. The minimum atomic E-state index is -3.85. The van der Waals surface area contributed by atoms with Gasteiger partial charge in [-0.25, -0.2) is 4.79 Å². The summed E-state index contributed by atoms with van der Waals surface area (Å²) in [5.41, 5.74) is 11.0. The zero-order valence-corrected chi connectivity index (χ0v) is 12.8. The Bertz CT molecular complexity index is 400. The smallest absolute Gasteiger partial charge is 0.326 e. The highest BCUT2D eigenvalue weighted by Crippen LogP contribution is 2.44. The molecule has 1 amide bonds. The number of carbonyl (C=O) groups is 2. The SMILES string of the molecule is CC(C)C[C@H](N)C(=O)NC(CP(=O)(O)C(C)N)C(=O)O. The van der Waals surface area contributed by atoms with Gasteiger partial charge in [-0.3, -0.25) is 9.36 Å². The Morgan fingerprint density at radius 3 is 2.10 bits per heavy atom. The fraction of sp³-hybridized carbons (Fsp3) is 0.818. The number of rotatable bonds is 8. The van der Waals surface area contributed by atoms with E-state index >= 15 is 0 Å². The fourth-order valence-electron chi connectivity index (χ4n) is 1.51. The molecular weight excluding hydrogens is 285 g/mol. The summed E-state index contributed by atoms with van der Waals surface area (Å²) in [6.45, 7) is 5.06. The van der Waals surface area contributed by atoms with Gasteiger partial charge in [0.1, 0.15) is 6.04 Å². The minimum absolute atomic E-state index is 0.173. The van der Waals surface area contributed by atoms with Crippen LogP contribution in [0.25, 0.3) is 0 Å². The first-order valence-corrected chi connectivity index (χ1v) is 8.24. The molecule has 0 aliphatic heterocycles. The maximum Gasteiger partial charge on any atom is 0.326 e. The van der Waals surface area contributed by atoms with Crippen LogP contribution in [0.3, 0.4) is 0 Å². The van der Waals surface area contributed by atoms with Crippen molar-refractivity contribution in [2.24, 2.45) is 17.4 Å². The molecule has 0 aromatic carbocycles. The van der Waals surface area contributed by atoms with E-state index in [1.807, 2.05) is 13.8 Å². The monoisotopic (exact) mass is 309 g/mol. The van der Waals surface area contributed by atoms with Gasteiger partial charge in [0.25, 0.3) is 0 Å². The van der Waals surface area contributed by atoms with E-state index in [0.717, 1.165) is 0 Å². The van der Waals surface area contributed by atoms with Crippen LogP contribution in [0.2, 0.25) is 0 Å². The molecule has 20 heavy (non-hydrogen) atoms. The van der Waals surface area contributed by atoms with E-state index < -0.39 is 43.3 Å². The molecule has 3 unspecified atom stereocenters. The van der Waals surface area contributed by atoms with Crippen LogP contribution < -0.4 is 16.8 Å². The largest absolute Gasteiger partial charge is 0.480 e.